The van der Waals surface area contributed by atoms with Gasteiger partial charge in [0.05, 0.1) is 18.8 Å². The molecule has 4 rings (SSSR count). The summed E-state index contributed by atoms with van der Waals surface area (Å²) in [4.78, 5) is 16.6. The normalized spacial score (nSPS) is 25.5. The Morgan fingerprint density at radius 3 is 2.78 bits per heavy atom. The fourth-order valence-corrected chi connectivity index (χ4v) is 4.21. The van der Waals surface area contributed by atoms with Gasteiger partial charge in [0.15, 0.2) is 0 Å². The van der Waals surface area contributed by atoms with Crippen LogP contribution >= 0.6 is 0 Å². The highest BCUT2D eigenvalue weighted by atomic mass is 16.6. The Kier molecular flexibility index (Phi) is 3.89. The first-order valence-corrected chi connectivity index (χ1v) is 8.63. The minimum Gasteiger partial charge on any atom is -0.497 e. The summed E-state index contributed by atoms with van der Waals surface area (Å²) >= 11 is 0. The summed E-state index contributed by atoms with van der Waals surface area (Å²) in [5.41, 5.74) is 2.15. The van der Waals surface area contributed by atoms with E-state index in [1.54, 1.807) is 7.11 Å². The molecule has 0 radical (unpaired) electrons. The third kappa shape index (κ3) is 2.67. The van der Waals surface area contributed by atoms with Gasteiger partial charge >= 0.3 is 6.09 Å². The molecule has 2 aliphatic heterocycles. The molecular weight excluding hydrogens is 292 g/mol. The van der Waals surface area contributed by atoms with Crippen molar-refractivity contribution < 1.29 is 14.3 Å². The van der Waals surface area contributed by atoms with Gasteiger partial charge in [0.2, 0.25) is 0 Å². The van der Waals surface area contributed by atoms with E-state index >= 15 is 0 Å². The average Bonchev–Trinajstić information content (AvgIpc) is 3.19. The van der Waals surface area contributed by atoms with Crippen LogP contribution in [0.5, 0.6) is 5.75 Å². The highest BCUT2D eigenvalue weighted by Gasteiger charge is 2.38. The van der Waals surface area contributed by atoms with Crippen LogP contribution in [-0.2, 0) is 11.3 Å². The third-order valence-electron chi connectivity index (χ3n) is 5.47. The van der Waals surface area contributed by atoms with E-state index in [0.717, 1.165) is 30.9 Å². The van der Waals surface area contributed by atoms with Crippen LogP contribution in [0.2, 0.25) is 0 Å². The topological polar surface area (TPSA) is 42.0 Å². The number of hydrogen-bond acceptors (Lipinski definition) is 4. The molecule has 1 aliphatic carbocycles. The lowest BCUT2D eigenvalue weighted by Crippen LogP contribution is -2.42. The maximum absolute atomic E-state index is 12.2. The summed E-state index contributed by atoms with van der Waals surface area (Å²) in [6.45, 7) is 2.41. The molecule has 1 aromatic rings. The van der Waals surface area contributed by atoms with E-state index in [4.69, 9.17) is 9.47 Å². The van der Waals surface area contributed by atoms with Gasteiger partial charge in [-0.05, 0) is 43.0 Å². The van der Waals surface area contributed by atoms with Gasteiger partial charge in [0.1, 0.15) is 12.4 Å². The molecule has 2 heterocycles. The number of methoxy groups -OCH3 is 1. The Balaban J connectivity index is 1.71. The van der Waals surface area contributed by atoms with Crippen molar-refractivity contribution >= 4 is 11.8 Å². The molecule has 0 bridgehead atoms. The van der Waals surface area contributed by atoms with Gasteiger partial charge in [0, 0.05) is 19.1 Å². The van der Waals surface area contributed by atoms with Crippen LogP contribution in [0.25, 0.3) is 0 Å². The minimum atomic E-state index is -0.212. The van der Waals surface area contributed by atoms with Gasteiger partial charge in [-0.2, -0.15) is 0 Å². The quantitative estimate of drug-likeness (QED) is 0.840. The number of rotatable bonds is 2. The van der Waals surface area contributed by atoms with Crippen molar-refractivity contribution in [3.8, 4) is 5.75 Å². The standard InChI is InChI=1S/C18H24N2O3/c1-22-16-6-7-17-13(10-16)11-19(14-4-2-3-5-14)9-8-15-12-23-18(21)20(15)17/h6-7,10,14-15H,2-5,8-9,11-12H2,1H3/t15-/m0/s1. The van der Waals surface area contributed by atoms with Crippen LogP contribution in [0, 0.1) is 0 Å². The fourth-order valence-electron chi connectivity index (χ4n) is 4.21. The Labute approximate surface area is 137 Å². The number of nitrogens with zero attached hydrogens (tertiary/aromatic N) is 2. The van der Waals surface area contributed by atoms with Gasteiger partial charge in [0.25, 0.3) is 0 Å². The molecule has 23 heavy (non-hydrogen) atoms. The summed E-state index contributed by atoms with van der Waals surface area (Å²) in [5.74, 6) is 0.847. The monoisotopic (exact) mass is 316 g/mol. The maximum Gasteiger partial charge on any atom is 0.414 e. The first-order valence-electron chi connectivity index (χ1n) is 8.63. The van der Waals surface area contributed by atoms with E-state index < -0.39 is 0 Å². The van der Waals surface area contributed by atoms with Crippen molar-refractivity contribution in [1.82, 2.24) is 4.90 Å². The molecule has 2 fully saturated rings. The minimum absolute atomic E-state index is 0.152. The third-order valence-corrected chi connectivity index (χ3v) is 5.47. The van der Waals surface area contributed by atoms with Crippen molar-refractivity contribution in [3.63, 3.8) is 0 Å². The van der Waals surface area contributed by atoms with Crippen LogP contribution in [0.1, 0.15) is 37.7 Å². The lowest BCUT2D eigenvalue weighted by Gasteiger charge is -2.35. The maximum atomic E-state index is 12.2. The van der Waals surface area contributed by atoms with Gasteiger partial charge in [-0.15, -0.1) is 0 Å². The van der Waals surface area contributed by atoms with Crippen LogP contribution in [0.3, 0.4) is 0 Å². The summed E-state index contributed by atoms with van der Waals surface area (Å²) in [6, 6.07) is 6.85. The van der Waals surface area contributed by atoms with Crippen molar-refractivity contribution in [2.24, 2.45) is 0 Å². The second kappa shape index (κ2) is 6.04. The molecule has 124 valence electrons. The number of amides is 1. The van der Waals surface area contributed by atoms with E-state index in [9.17, 15) is 4.79 Å². The molecule has 5 heteroatoms. The lowest BCUT2D eigenvalue weighted by atomic mass is 10.0. The van der Waals surface area contributed by atoms with E-state index in [1.807, 2.05) is 17.0 Å². The Bertz CT molecular complexity index is 598. The molecule has 1 atom stereocenters. The van der Waals surface area contributed by atoms with Crippen LogP contribution in [0.15, 0.2) is 18.2 Å². The zero-order valence-electron chi connectivity index (χ0n) is 13.7. The fraction of sp³-hybridized carbons (Fsp3) is 0.611. The number of ether oxygens (including phenoxy) is 2. The van der Waals surface area contributed by atoms with Gasteiger partial charge in [-0.1, -0.05) is 12.8 Å². The number of hydrogen-bond donors (Lipinski definition) is 0. The van der Waals surface area contributed by atoms with Crippen LogP contribution < -0.4 is 9.64 Å². The van der Waals surface area contributed by atoms with Crippen molar-refractivity contribution in [2.75, 3.05) is 25.2 Å². The number of anilines is 1. The second-order valence-electron chi connectivity index (χ2n) is 6.79. The Morgan fingerprint density at radius 1 is 1.17 bits per heavy atom. The molecule has 0 spiro atoms. The number of fused-ring (bicyclic) bond motifs is 3. The summed E-state index contributed by atoms with van der Waals surface area (Å²) in [6.07, 6.45) is 6.03. The highest BCUT2D eigenvalue weighted by molar-refractivity contribution is 5.91. The average molecular weight is 316 g/mol. The molecule has 0 unspecified atom stereocenters. The largest absolute Gasteiger partial charge is 0.497 e. The molecule has 1 saturated heterocycles. The van der Waals surface area contributed by atoms with Crippen LogP contribution in [-0.4, -0.2) is 43.3 Å². The molecule has 0 N–H and O–H groups in total. The van der Waals surface area contributed by atoms with E-state index in [-0.39, 0.29) is 12.1 Å². The molecule has 0 aromatic heterocycles. The zero-order valence-corrected chi connectivity index (χ0v) is 13.7. The summed E-state index contributed by atoms with van der Waals surface area (Å²) in [5, 5.41) is 0. The van der Waals surface area contributed by atoms with E-state index in [1.165, 1.54) is 31.2 Å². The van der Waals surface area contributed by atoms with E-state index in [2.05, 4.69) is 11.0 Å². The first kappa shape index (κ1) is 14.8. The number of cyclic esters (lactones) is 1. The first-order chi connectivity index (χ1) is 11.3. The Hall–Kier alpha value is -1.75. The second-order valence-corrected chi connectivity index (χ2v) is 6.79. The SMILES string of the molecule is COc1ccc2c(c1)CN(C1CCCC1)CC[C@H]1COC(=O)N21. The van der Waals surface area contributed by atoms with Gasteiger partial charge < -0.3 is 9.47 Å². The van der Waals surface area contributed by atoms with Crippen molar-refractivity contribution in [1.29, 1.82) is 0 Å². The Morgan fingerprint density at radius 2 is 2.00 bits per heavy atom. The number of carbonyl (C=O) groups excluding carboxylic acids is 1. The predicted octanol–water partition coefficient (Wildman–Crippen LogP) is 3.17. The molecular formula is C18H24N2O3. The summed E-state index contributed by atoms with van der Waals surface area (Å²) in [7, 11) is 1.69. The van der Waals surface area contributed by atoms with Crippen LogP contribution in [0.4, 0.5) is 10.5 Å². The van der Waals surface area contributed by atoms with Crippen molar-refractivity contribution in [3.05, 3.63) is 23.8 Å². The summed E-state index contributed by atoms with van der Waals surface area (Å²) < 4.78 is 10.7. The van der Waals surface area contributed by atoms with Gasteiger partial charge in [-0.3, -0.25) is 9.80 Å². The molecule has 5 nitrogen and oxygen atoms in total. The predicted molar refractivity (Wildman–Crippen MR) is 87.9 cm³/mol. The van der Waals surface area contributed by atoms with Crippen molar-refractivity contribution in [2.45, 2.75) is 50.7 Å². The molecule has 1 saturated carbocycles. The number of benzene rings is 1. The highest BCUT2D eigenvalue weighted by Crippen LogP contribution is 2.35. The zero-order chi connectivity index (χ0) is 15.8. The molecule has 3 aliphatic rings. The lowest BCUT2D eigenvalue weighted by molar-refractivity contribution is 0.170. The molecule has 1 amide bonds. The van der Waals surface area contributed by atoms with E-state index in [0.29, 0.717) is 12.6 Å². The number of carbonyl (C=O) groups is 1. The smallest absolute Gasteiger partial charge is 0.414 e. The van der Waals surface area contributed by atoms with Gasteiger partial charge in [-0.25, -0.2) is 4.79 Å². The molecule has 1 aromatic carbocycles.